The van der Waals surface area contributed by atoms with Gasteiger partial charge in [-0.3, -0.25) is 0 Å². The number of fused-ring (bicyclic) bond motifs is 1. The Balaban J connectivity index is 2.27. The molecule has 17 heavy (non-hydrogen) atoms. The molecule has 0 atom stereocenters. The van der Waals surface area contributed by atoms with Crippen LogP contribution in [0.15, 0.2) is 28.0 Å². The van der Waals surface area contributed by atoms with Gasteiger partial charge < -0.3 is 10.2 Å². The summed E-state index contributed by atoms with van der Waals surface area (Å²) in [6, 6.07) is 5.55. The molecular formula is C12H9ClN2OS. The lowest BCUT2D eigenvalue weighted by Gasteiger charge is -1.93. The molecule has 2 heterocycles. The minimum atomic E-state index is 0.545. The molecule has 3 aromatic rings. The van der Waals surface area contributed by atoms with E-state index < -0.39 is 0 Å². The van der Waals surface area contributed by atoms with Crippen LogP contribution in [0.5, 0.6) is 0 Å². The number of aryl methyl sites for hydroxylation is 1. The summed E-state index contributed by atoms with van der Waals surface area (Å²) in [5, 5.41) is 3.28. The molecule has 1 aromatic carbocycles. The van der Waals surface area contributed by atoms with E-state index in [4.69, 9.17) is 21.8 Å². The van der Waals surface area contributed by atoms with Gasteiger partial charge in [0.2, 0.25) is 5.89 Å². The second kappa shape index (κ2) is 3.75. The summed E-state index contributed by atoms with van der Waals surface area (Å²) in [6.07, 6.45) is 0. The van der Waals surface area contributed by atoms with Crippen molar-refractivity contribution in [2.75, 3.05) is 5.73 Å². The molecule has 86 valence electrons. The van der Waals surface area contributed by atoms with Crippen molar-refractivity contribution in [2.24, 2.45) is 0 Å². The molecule has 0 unspecified atom stereocenters. The molecule has 0 amide bonds. The van der Waals surface area contributed by atoms with E-state index in [1.807, 2.05) is 24.4 Å². The fourth-order valence-electron chi connectivity index (χ4n) is 1.77. The van der Waals surface area contributed by atoms with Crippen LogP contribution >= 0.6 is 22.9 Å². The zero-order valence-electron chi connectivity index (χ0n) is 9.03. The highest BCUT2D eigenvalue weighted by molar-refractivity contribution is 7.14. The standard InChI is InChI=1S/C12H9ClN2OS/c1-6-4-7(13)5-9-10(6)16-12(15-9)8-2-3-17-11(8)14/h2-5H,14H2,1H3. The molecule has 0 aliphatic rings. The summed E-state index contributed by atoms with van der Waals surface area (Å²) in [6.45, 7) is 1.94. The van der Waals surface area contributed by atoms with E-state index >= 15 is 0 Å². The third-order valence-electron chi connectivity index (χ3n) is 2.57. The van der Waals surface area contributed by atoms with Crippen molar-refractivity contribution in [1.29, 1.82) is 0 Å². The van der Waals surface area contributed by atoms with E-state index in [1.54, 1.807) is 6.07 Å². The number of nitrogen functional groups attached to an aromatic ring is 1. The number of rotatable bonds is 1. The van der Waals surface area contributed by atoms with Gasteiger partial charge >= 0.3 is 0 Å². The van der Waals surface area contributed by atoms with Crippen molar-refractivity contribution in [3.63, 3.8) is 0 Å². The van der Waals surface area contributed by atoms with Crippen LogP contribution in [0, 0.1) is 6.92 Å². The normalized spacial score (nSPS) is 11.2. The van der Waals surface area contributed by atoms with E-state index in [1.165, 1.54) is 11.3 Å². The third kappa shape index (κ3) is 1.69. The Labute approximate surface area is 107 Å². The number of hydrogen-bond donors (Lipinski definition) is 1. The van der Waals surface area contributed by atoms with Crippen molar-refractivity contribution in [3.8, 4) is 11.5 Å². The molecule has 2 aromatic heterocycles. The van der Waals surface area contributed by atoms with Crippen molar-refractivity contribution >= 4 is 39.0 Å². The van der Waals surface area contributed by atoms with Gasteiger partial charge in [0.15, 0.2) is 5.58 Å². The lowest BCUT2D eigenvalue weighted by Crippen LogP contribution is -1.82. The number of aromatic nitrogens is 1. The fourth-order valence-corrected chi connectivity index (χ4v) is 2.67. The zero-order valence-corrected chi connectivity index (χ0v) is 10.6. The summed E-state index contributed by atoms with van der Waals surface area (Å²) in [5.74, 6) is 0.545. The lowest BCUT2D eigenvalue weighted by atomic mass is 10.2. The van der Waals surface area contributed by atoms with Crippen molar-refractivity contribution in [3.05, 3.63) is 34.2 Å². The number of benzene rings is 1. The zero-order chi connectivity index (χ0) is 12.0. The average Bonchev–Trinajstić information content (AvgIpc) is 2.83. The van der Waals surface area contributed by atoms with Gasteiger partial charge in [-0.05, 0) is 36.1 Å². The summed E-state index contributed by atoms with van der Waals surface area (Å²) in [4.78, 5) is 4.41. The minimum Gasteiger partial charge on any atom is -0.436 e. The first-order valence-electron chi connectivity index (χ1n) is 5.05. The van der Waals surface area contributed by atoms with Gasteiger partial charge in [0, 0.05) is 5.02 Å². The number of anilines is 1. The molecule has 0 saturated heterocycles. The average molecular weight is 265 g/mol. The highest BCUT2D eigenvalue weighted by atomic mass is 35.5. The lowest BCUT2D eigenvalue weighted by molar-refractivity contribution is 0.618. The monoisotopic (exact) mass is 264 g/mol. The van der Waals surface area contributed by atoms with Gasteiger partial charge in [-0.2, -0.15) is 0 Å². The summed E-state index contributed by atoms with van der Waals surface area (Å²) >= 11 is 7.45. The van der Waals surface area contributed by atoms with Crippen LogP contribution in [0.2, 0.25) is 5.02 Å². The van der Waals surface area contributed by atoms with Crippen molar-refractivity contribution in [2.45, 2.75) is 6.92 Å². The van der Waals surface area contributed by atoms with E-state index in [0.29, 0.717) is 15.9 Å². The predicted octanol–water partition coefficient (Wildman–Crippen LogP) is 4.10. The third-order valence-corrected chi connectivity index (χ3v) is 3.53. The number of halogens is 1. The predicted molar refractivity (Wildman–Crippen MR) is 71.5 cm³/mol. The second-order valence-electron chi connectivity index (χ2n) is 3.79. The maximum atomic E-state index is 5.99. The van der Waals surface area contributed by atoms with Gasteiger partial charge in [0.25, 0.3) is 0 Å². The Morgan fingerprint density at radius 1 is 1.41 bits per heavy atom. The van der Waals surface area contributed by atoms with E-state index in [0.717, 1.165) is 22.2 Å². The molecule has 0 spiro atoms. The van der Waals surface area contributed by atoms with E-state index in [9.17, 15) is 0 Å². The van der Waals surface area contributed by atoms with Gasteiger partial charge in [0.1, 0.15) is 5.52 Å². The van der Waals surface area contributed by atoms with Crippen LogP contribution in [-0.4, -0.2) is 4.98 Å². The minimum absolute atomic E-state index is 0.545. The maximum absolute atomic E-state index is 5.99. The fraction of sp³-hybridized carbons (Fsp3) is 0.0833. The molecule has 0 fully saturated rings. The molecule has 3 rings (SSSR count). The summed E-state index contributed by atoms with van der Waals surface area (Å²) in [5.41, 5.74) is 9.18. The first-order valence-corrected chi connectivity index (χ1v) is 6.31. The Bertz CT molecular complexity index is 702. The Kier molecular flexibility index (Phi) is 2.34. The van der Waals surface area contributed by atoms with Gasteiger partial charge in [0.05, 0.1) is 10.6 Å². The van der Waals surface area contributed by atoms with Crippen LogP contribution in [0.25, 0.3) is 22.6 Å². The smallest absolute Gasteiger partial charge is 0.230 e. The van der Waals surface area contributed by atoms with Crippen molar-refractivity contribution in [1.82, 2.24) is 4.98 Å². The SMILES string of the molecule is Cc1cc(Cl)cc2nc(-c3ccsc3N)oc12. The van der Waals surface area contributed by atoms with Crippen LogP contribution in [0.1, 0.15) is 5.56 Å². The van der Waals surface area contributed by atoms with Crippen LogP contribution < -0.4 is 5.73 Å². The van der Waals surface area contributed by atoms with Gasteiger partial charge in [-0.25, -0.2) is 4.98 Å². The molecule has 0 aliphatic carbocycles. The van der Waals surface area contributed by atoms with Gasteiger partial charge in [-0.1, -0.05) is 11.6 Å². The molecule has 0 saturated carbocycles. The molecule has 5 heteroatoms. The molecule has 0 bridgehead atoms. The molecular weight excluding hydrogens is 256 g/mol. The quantitative estimate of drug-likeness (QED) is 0.720. The Morgan fingerprint density at radius 3 is 2.94 bits per heavy atom. The highest BCUT2D eigenvalue weighted by Crippen LogP contribution is 2.33. The van der Waals surface area contributed by atoms with Crippen LogP contribution in [0.3, 0.4) is 0 Å². The van der Waals surface area contributed by atoms with Crippen molar-refractivity contribution < 1.29 is 4.42 Å². The topological polar surface area (TPSA) is 52.0 Å². The first kappa shape index (κ1) is 10.6. The molecule has 0 radical (unpaired) electrons. The first-order chi connectivity index (χ1) is 8.15. The van der Waals surface area contributed by atoms with Crippen LogP contribution in [0.4, 0.5) is 5.00 Å². The van der Waals surface area contributed by atoms with Gasteiger partial charge in [-0.15, -0.1) is 11.3 Å². The highest BCUT2D eigenvalue weighted by Gasteiger charge is 2.13. The number of hydrogen-bond acceptors (Lipinski definition) is 4. The maximum Gasteiger partial charge on any atom is 0.230 e. The Hall–Kier alpha value is -1.52. The number of thiophene rings is 1. The number of nitrogens with two attached hydrogens (primary N) is 1. The Morgan fingerprint density at radius 2 is 2.24 bits per heavy atom. The number of oxazole rings is 1. The second-order valence-corrected chi connectivity index (χ2v) is 5.17. The summed E-state index contributed by atoms with van der Waals surface area (Å²) < 4.78 is 5.74. The largest absolute Gasteiger partial charge is 0.436 e. The van der Waals surface area contributed by atoms with E-state index in [-0.39, 0.29) is 0 Å². The summed E-state index contributed by atoms with van der Waals surface area (Å²) in [7, 11) is 0. The molecule has 0 aliphatic heterocycles. The molecule has 2 N–H and O–H groups in total. The van der Waals surface area contributed by atoms with E-state index in [2.05, 4.69) is 4.98 Å². The van der Waals surface area contributed by atoms with Crippen LogP contribution in [-0.2, 0) is 0 Å². The number of nitrogens with zero attached hydrogens (tertiary/aromatic N) is 1. The molecule has 3 nitrogen and oxygen atoms in total.